The molecular formula is C17H27BN2O5. The molecule has 1 rings (SSSR count). The number of ether oxygens (including phenoxy) is 1. The fourth-order valence-electron chi connectivity index (χ4n) is 2.57. The van der Waals surface area contributed by atoms with Crippen LogP contribution in [0.25, 0.3) is 0 Å². The molecule has 2 atom stereocenters. The summed E-state index contributed by atoms with van der Waals surface area (Å²) in [5.41, 5.74) is 0.731. The lowest BCUT2D eigenvalue weighted by molar-refractivity contribution is -0.123. The molecule has 1 aromatic carbocycles. The fourth-order valence-corrected chi connectivity index (χ4v) is 2.57. The summed E-state index contributed by atoms with van der Waals surface area (Å²) < 4.78 is 5.18. The Balaban J connectivity index is 2.86. The molecule has 1 aromatic rings. The highest BCUT2D eigenvalue weighted by atomic mass is 16.5. The molecule has 0 saturated heterocycles. The van der Waals surface area contributed by atoms with Crippen molar-refractivity contribution in [2.45, 2.75) is 45.6 Å². The van der Waals surface area contributed by atoms with E-state index >= 15 is 0 Å². The molecule has 2 amide bonds. The van der Waals surface area contributed by atoms with Gasteiger partial charge in [-0.15, -0.1) is 0 Å². The fraction of sp³-hybridized carbons (Fsp3) is 0.529. The van der Waals surface area contributed by atoms with Crippen LogP contribution in [0.5, 0.6) is 5.75 Å². The van der Waals surface area contributed by atoms with E-state index in [0.717, 1.165) is 5.56 Å². The lowest BCUT2D eigenvalue weighted by Gasteiger charge is -2.23. The third-order valence-corrected chi connectivity index (χ3v) is 3.69. The molecule has 7 nitrogen and oxygen atoms in total. The first-order valence-electron chi connectivity index (χ1n) is 8.29. The summed E-state index contributed by atoms with van der Waals surface area (Å²) in [7, 11) is -0.0966. The van der Waals surface area contributed by atoms with E-state index in [0.29, 0.717) is 12.2 Å². The number of amides is 2. The second kappa shape index (κ2) is 10.1. The first-order chi connectivity index (χ1) is 11.7. The number of hydrogen-bond donors (Lipinski definition) is 4. The van der Waals surface area contributed by atoms with Crippen LogP contribution in [0.2, 0.25) is 0 Å². The third kappa shape index (κ3) is 7.58. The van der Waals surface area contributed by atoms with Gasteiger partial charge >= 0.3 is 7.12 Å². The number of methoxy groups -OCH3 is 1. The third-order valence-electron chi connectivity index (χ3n) is 3.69. The molecule has 25 heavy (non-hydrogen) atoms. The van der Waals surface area contributed by atoms with Gasteiger partial charge in [0.25, 0.3) is 0 Å². The van der Waals surface area contributed by atoms with Gasteiger partial charge in [0.15, 0.2) is 0 Å². The molecule has 0 aliphatic rings. The van der Waals surface area contributed by atoms with Gasteiger partial charge in [0, 0.05) is 6.92 Å². The largest absolute Gasteiger partial charge is 0.497 e. The summed E-state index contributed by atoms with van der Waals surface area (Å²) in [6.07, 6.45) is 0.418. The predicted octanol–water partition coefficient (Wildman–Crippen LogP) is 0.805. The van der Waals surface area contributed by atoms with Gasteiger partial charge in [0.1, 0.15) is 5.75 Å². The second-order valence-corrected chi connectivity index (χ2v) is 6.45. The molecule has 0 saturated carbocycles. The highest BCUT2D eigenvalue weighted by Gasteiger charge is 2.27. The second-order valence-electron chi connectivity index (χ2n) is 6.45. The number of rotatable bonds is 9. The average molecular weight is 350 g/mol. The topological polar surface area (TPSA) is 108 Å². The Bertz CT molecular complexity index is 580. The van der Waals surface area contributed by atoms with Gasteiger partial charge in [-0.05, 0) is 30.0 Å². The van der Waals surface area contributed by atoms with E-state index in [1.807, 2.05) is 13.8 Å². The minimum atomic E-state index is -1.64. The molecule has 4 N–H and O–H groups in total. The van der Waals surface area contributed by atoms with E-state index < -0.39 is 19.1 Å². The monoisotopic (exact) mass is 350 g/mol. The van der Waals surface area contributed by atoms with E-state index in [1.54, 1.807) is 31.4 Å². The van der Waals surface area contributed by atoms with Crippen LogP contribution in [0.3, 0.4) is 0 Å². The highest BCUT2D eigenvalue weighted by Crippen LogP contribution is 2.22. The average Bonchev–Trinajstić information content (AvgIpc) is 2.52. The van der Waals surface area contributed by atoms with E-state index in [1.165, 1.54) is 6.92 Å². The summed E-state index contributed by atoms with van der Waals surface area (Å²) in [4.78, 5) is 23.8. The number of carbonyl (C=O) groups excluding carboxylic acids is 2. The molecule has 0 aliphatic carbocycles. The number of hydrogen-bond acceptors (Lipinski definition) is 5. The molecular weight excluding hydrogens is 323 g/mol. The van der Waals surface area contributed by atoms with Gasteiger partial charge in [-0.25, -0.2) is 0 Å². The zero-order chi connectivity index (χ0) is 19.0. The van der Waals surface area contributed by atoms with Crippen LogP contribution >= 0.6 is 0 Å². The lowest BCUT2D eigenvalue weighted by atomic mass is 9.75. The standard InChI is InChI=1S/C17H27BN2O5/c1-11(2)8-16(18(23)24)20-17(22)10-15(19-12(3)21)13-6-5-7-14(9-13)25-4/h5-7,9,11,15-16,23-24H,8,10H2,1-4H3,(H,19,21)(H,20,22)/t15?,16-/m0/s1. The molecule has 0 heterocycles. The summed E-state index contributed by atoms with van der Waals surface area (Å²) in [6, 6.07) is 6.56. The number of benzene rings is 1. The van der Waals surface area contributed by atoms with Crippen LogP contribution in [-0.2, 0) is 9.59 Å². The molecule has 138 valence electrons. The minimum Gasteiger partial charge on any atom is -0.497 e. The molecule has 8 heteroatoms. The van der Waals surface area contributed by atoms with Crippen molar-refractivity contribution in [3.63, 3.8) is 0 Å². The smallest absolute Gasteiger partial charge is 0.475 e. The van der Waals surface area contributed by atoms with Crippen molar-refractivity contribution in [1.29, 1.82) is 0 Å². The van der Waals surface area contributed by atoms with Gasteiger partial charge < -0.3 is 25.4 Å². The maximum atomic E-state index is 12.3. The van der Waals surface area contributed by atoms with Crippen LogP contribution in [0.15, 0.2) is 24.3 Å². The zero-order valence-electron chi connectivity index (χ0n) is 15.2. The Labute approximate surface area is 148 Å². The maximum Gasteiger partial charge on any atom is 0.475 e. The van der Waals surface area contributed by atoms with E-state index in [2.05, 4.69) is 10.6 Å². The summed E-state index contributed by atoms with van der Waals surface area (Å²) in [5.74, 6) is -0.578. The van der Waals surface area contributed by atoms with Gasteiger partial charge in [-0.1, -0.05) is 26.0 Å². The van der Waals surface area contributed by atoms with Gasteiger partial charge in [-0.3, -0.25) is 9.59 Å². The Morgan fingerprint density at radius 1 is 1.24 bits per heavy atom. The molecule has 0 aliphatic heterocycles. The van der Waals surface area contributed by atoms with Crippen molar-refractivity contribution >= 4 is 18.9 Å². The Morgan fingerprint density at radius 3 is 2.44 bits per heavy atom. The highest BCUT2D eigenvalue weighted by molar-refractivity contribution is 6.43. The van der Waals surface area contributed by atoms with Crippen LogP contribution < -0.4 is 15.4 Å². The van der Waals surface area contributed by atoms with Gasteiger partial charge in [-0.2, -0.15) is 0 Å². The van der Waals surface area contributed by atoms with E-state index in [4.69, 9.17) is 4.74 Å². The van der Waals surface area contributed by atoms with Crippen molar-refractivity contribution in [1.82, 2.24) is 10.6 Å². The lowest BCUT2D eigenvalue weighted by Crippen LogP contribution is -2.48. The maximum absolute atomic E-state index is 12.3. The number of carbonyl (C=O) groups is 2. The summed E-state index contributed by atoms with van der Waals surface area (Å²) >= 11 is 0. The minimum absolute atomic E-state index is 0.0198. The predicted molar refractivity (Wildman–Crippen MR) is 95.7 cm³/mol. The molecule has 0 fully saturated rings. The Kier molecular flexibility index (Phi) is 8.44. The van der Waals surface area contributed by atoms with Crippen molar-refractivity contribution in [3.8, 4) is 5.75 Å². The Morgan fingerprint density at radius 2 is 1.92 bits per heavy atom. The summed E-state index contributed by atoms with van der Waals surface area (Å²) in [6.45, 7) is 5.24. The molecule has 0 spiro atoms. The number of nitrogens with one attached hydrogen (secondary N) is 2. The van der Waals surface area contributed by atoms with Crippen LogP contribution in [0.4, 0.5) is 0 Å². The van der Waals surface area contributed by atoms with E-state index in [-0.39, 0.29) is 24.2 Å². The van der Waals surface area contributed by atoms with Gasteiger partial charge in [0.05, 0.1) is 25.5 Å². The zero-order valence-corrected chi connectivity index (χ0v) is 15.2. The summed E-state index contributed by atoms with van der Waals surface area (Å²) in [5, 5.41) is 24.2. The molecule has 1 unspecified atom stereocenters. The van der Waals surface area contributed by atoms with Gasteiger partial charge in [0.2, 0.25) is 11.8 Å². The normalized spacial score (nSPS) is 13.1. The van der Waals surface area contributed by atoms with Crippen molar-refractivity contribution in [3.05, 3.63) is 29.8 Å². The van der Waals surface area contributed by atoms with Crippen molar-refractivity contribution in [2.75, 3.05) is 7.11 Å². The quantitative estimate of drug-likeness (QED) is 0.493. The van der Waals surface area contributed by atoms with Crippen LogP contribution in [0, 0.1) is 5.92 Å². The van der Waals surface area contributed by atoms with E-state index in [9.17, 15) is 19.6 Å². The molecule has 0 radical (unpaired) electrons. The SMILES string of the molecule is COc1cccc(C(CC(=O)N[C@@H](CC(C)C)B(O)O)NC(C)=O)c1. The Hall–Kier alpha value is -2.06. The van der Waals surface area contributed by atoms with Crippen molar-refractivity contribution in [2.24, 2.45) is 5.92 Å². The first kappa shape index (κ1) is 21.0. The molecule has 0 bridgehead atoms. The first-order valence-corrected chi connectivity index (χ1v) is 8.29. The molecule has 0 aromatic heterocycles. The van der Waals surface area contributed by atoms with Crippen molar-refractivity contribution < 1.29 is 24.4 Å². The van der Waals surface area contributed by atoms with Crippen LogP contribution in [0.1, 0.15) is 45.2 Å². The van der Waals surface area contributed by atoms with Crippen LogP contribution in [-0.4, -0.2) is 42.0 Å².